The highest BCUT2D eigenvalue weighted by Crippen LogP contribution is 2.38. The van der Waals surface area contributed by atoms with Crippen LogP contribution < -0.4 is 10.5 Å². The maximum absolute atomic E-state index is 11.4. The Kier molecular flexibility index (Phi) is 3.13. The summed E-state index contributed by atoms with van der Waals surface area (Å²) in [5, 5.41) is 0.368. The van der Waals surface area contributed by atoms with Crippen LogP contribution in [-0.2, 0) is 22.9 Å². The van der Waals surface area contributed by atoms with Crippen molar-refractivity contribution < 1.29 is 13.2 Å². The molecule has 3 N–H and O–H groups in total. The van der Waals surface area contributed by atoms with Crippen LogP contribution in [0.1, 0.15) is 33.6 Å². The molecule has 5 nitrogen and oxygen atoms in total. The third kappa shape index (κ3) is 2.61. The Morgan fingerprint density at radius 3 is 2.59 bits per heavy atom. The number of hydrogen-bond acceptors (Lipinski definition) is 4. The van der Waals surface area contributed by atoms with E-state index in [4.69, 9.17) is 5.73 Å². The van der Waals surface area contributed by atoms with Crippen molar-refractivity contribution in [2.75, 3.05) is 11.0 Å². The zero-order chi connectivity index (χ0) is 12.6. The molecule has 2 rings (SSSR count). The van der Waals surface area contributed by atoms with Gasteiger partial charge in [0.25, 0.3) is 5.91 Å². The molecule has 0 fully saturated rings. The minimum absolute atomic E-state index is 0.357. The molecule has 7 heteroatoms. The van der Waals surface area contributed by atoms with Gasteiger partial charge in [-0.15, -0.1) is 11.3 Å². The van der Waals surface area contributed by atoms with Gasteiger partial charge in [0.05, 0.1) is 11.8 Å². The van der Waals surface area contributed by atoms with E-state index < -0.39 is 15.9 Å². The van der Waals surface area contributed by atoms with E-state index in [2.05, 4.69) is 4.72 Å². The summed E-state index contributed by atoms with van der Waals surface area (Å²) in [6.07, 6.45) is 4.85. The first-order valence-electron chi connectivity index (χ1n) is 5.30. The molecule has 1 heterocycles. The van der Waals surface area contributed by atoms with Gasteiger partial charge in [-0.2, -0.15) is 0 Å². The number of nitrogens with one attached hydrogen (secondary N) is 1. The molecular weight excluding hydrogens is 260 g/mol. The number of nitrogens with two attached hydrogens (primary N) is 1. The average Bonchev–Trinajstić information content (AvgIpc) is 2.51. The summed E-state index contributed by atoms with van der Waals surface area (Å²) in [6.45, 7) is 0. The summed E-state index contributed by atoms with van der Waals surface area (Å²) in [6, 6.07) is 0. The quantitative estimate of drug-likeness (QED) is 0.864. The molecule has 1 amide bonds. The van der Waals surface area contributed by atoms with Crippen LogP contribution in [0.25, 0.3) is 0 Å². The number of thiophene rings is 1. The molecule has 0 radical (unpaired) electrons. The van der Waals surface area contributed by atoms with Gasteiger partial charge in [-0.1, -0.05) is 0 Å². The Morgan fingerprint density at radius 2 is 2.00 bits per heavy atom. The number of primary amides is 1. The highest BCUT2D eigenvalue weighted by Gasteiger charge is 2.25. The van der Waals surface area contributed by atoms with Gasteiger partial charge < -0.3 is 5.73 Å². The zero-order valence-corrected chi connectivity index (χ0v) is 11.1. The third-order valence-electron chi connectivity index (χ3n) is 2.70. The van der Waals surface area contributed by atoms with Gasteiger partial charge in [-0.05, 0) is 31.2 Å². The number of sulfonamides is 1. The van der Waals surface area contributed by atoms with E-state index in [-0.39, 0.29) is 0 Å². The monoisotopic (exact) mass is 274 g/mol. The molecule has 0 saturated heterocycles. The average molecular weight is 274 g/mol. The van der Waals surface area contributed by atoms with Crippen LogP contribution in [0, 0.1) is 0 Å². The number of hydrogen-bond donors (Lipinski definition) is 2. The minimum Gasteiger partial charge on any atom is -0.365 e. The zero-order valence-electron chi connectivity index (χ0n) is 9.45. The second kappa shape index (κ2) is 4.30. The molecule has 1 aliphatic carbocycles. The van der Waals surface area contributed by atoms with Crippen LogP contribution in [0.5, 0.6) is 0 Å². The second-order valence-corrected chi connectivity index (χ2v) is 7.01. The maximum atomic E-state index is 11.4. The van der Waals surface area contributed by atoms with Crippen LogP contribution in [-0.4, -0.2) is 20.6 Å². The molecule has 1 aromatic rings. The lowest BCUT2D eigenvalue weighted by atomic mass is 9.95. The van der Waals surface area contributed by atoms with Crippen molar-refractivity contribution >= 4 is 32.3 Å². The third-order valence-corrected chi connectivity index (χ3v) is 4.61. The van der Waals surface area contributed by atoms with Gasteiger partial charge in [0.1, 0.15) is 5.00 Å². The maximum Gasteiger partial charge on any atom is 0.252 e. The van der Waals surface area contributed by atoms with E-state index >= 15 is 0 Å². The van der Waals surface area contributed by atoms with Crippen molar-refractivity contribution in [1.29, 1.82) is 0 Å². The Hall–Kier alpha value is -1.08. The normalized spacial score (nSPS) is 15.4. The number of carbonyl (C=O) groups excluding carboxylic acids is 1. The van der Waals surface area contributed by atoms with Crippen molar-refractivity contribution in [3.05, 3.63) is 16.0 Å². The highest BCUT2D eigenvalue weighted by atomic mass is 32.2. The first kappa shape index (κ1) is 12.4. The fourth-order valence-corrected chi connectivity index (χ4v) is 4.27. The molecular formula is C10H14N2O3S2. The van der Waals surface area contributed by atoms with Crippen LogP contribution in [0.4, 0.5) is 5.00 Å². The summed E-state index contributed by atoms with van der Waals surface area (Å²) < 4.78 is 24.8. The van der Waals surface area contributed by atoms with E-state index in [9.17, 15) is 13.2 Å². The number of anilines is 1. The molecule has 0 bridgehead atoms. The smallest absolute Gasteiger partial charge is 0.252 e. The molecule has 0 atom stereocenters. The molecule has 94 valence electrons. The Labute approximate surface area is 104 Å². The Morgan fingerprint density at radius 1 is 1.35 bits per heavy atom. The number of fused-ring (bicyclic) bond motifs is 1. The van der Waals surface area contributed by atoms with E-state index in [1.54, 1.807) is 0 Å². The topological polar surface area (TPSA) is 89.3 Å². The summed E-state index contributed by atoms with van der Waals surface area (Å²) in [7, 11) is -3.38. The predicted octanol–water partition coefficient (Wildman–Crippen LogP) is 1.10. The van der Waals surface area contributed by atoms with Crippen LogP contribution in [0.15, 0.2) is 0 Å². The Bertz CT molecular complexity index is 560. The van der Waals surface area contributed by atoms with E-state index in [1.807, 2.05) is 0 Å². The number of carbonyl (C=O) groups is 1. The van der Waals surface area contributed by atoms with Crippen LogP contribution in [0.3, 0.4) is 0 Å². The lowest BCUT2D eigenvalue weighted by Gasteiger charge is -2.11. The number of aryl methyl sites for hydroxylation is 1. The first-order valence-corrected chi connectivity index (χ1v) is 8.01. The van der Waals surface area contributed by atoms with Gasteiger partial charge in [-0.3, -0.25) is 9.52 Å². The predicted molar refractivity (Wildman–Crippen MR) is 67.9 cm³/mol. The summed E-state index contributed by atoms with van der Waals surface area (Å²) in [5.41, 5.74) is 6.62. The van der Waals surface area contributed by atoms with Gasteiger partial charge in [-0.25, -0.2) is 8.42 Å². The summed E-state index contributed by atoms with van der Waals surface area (Å²) in [5.74, 6) is -0.560. The fraction of sp³-hybridized carbons (Fsp3) is 0.500. The van der Waals surface area contributed by atoms with E-state index in [0.29, 0.717) is 10.6 Å². The number of rotatable bonds is 3. The molecule has 0 saturated carbocycles. The van der Waals surface area contributed by atoms with Crippen molar-refractivity contribution in [2.45, 2.75) is 25.7 Å². The van der Waals surface area contributed by atoms with Gasteiger partial charge >= 0.3 is 0 Å². The van der Waals surface area contributed by atoms with Gasteiger partial charge in [0, 0.05) is 4.88 Å². The van der Waals surface area contributed by atoms with Gasteiger partial charge in [0.2, 0.25) is 10.0 Å². The summed E-state index contributed by atoms with van der Waals surface area (Å²) in [4.78, 5) is 12.5. The lowest BCUT2D eigenvalue weighted by Crippen LogP contribution is -2.17. The number of amides is 1. The lowest BCUT2D eigenvalue weighted by molar-refractivity contribution is 0.100. The van der Waals surface area contributed by atoms with Crippen LogP contribution >= 0.6 is 11.3 Å². The van der Waals surface area contributed by atoms with Crippen molar-refractivity contribution in [3.63, 3.8) is 0 Å². The van der Waals surface area contributed by atoms with Crippen molar-refractivity contribution in [3.8, 4) is 0 Å². The SMILES string of the molecule is CS(=O)(=O)Nc1sc2c(c1C(N)=O)CCCC2. The first-order chi connectivity index (χ1) is 7.88. The Balaban J connectivity index is 2.51. The van der Waals surface area contributed by atoms with Crippen LogP contribution in [0.2, 0.25) is 0 Å². The molecule has 1 aromatic heterocycles. The molecule has 0 unspecified atom stereocenters. The minimum atomic E-state index is -3.38. The largest absolute Gasteiger partial charge is 0.365 e. The molecule has 1 aliphatic rings. The highest BCUT2D eigenvalue weighted by molar-refractivity contribution is 7.92. The van der Waals surface area contributed by atoms with E-state index in [0.717, 1.165) is 42.4 Å². The summed E-state index contributed by atoms with van der Waals surface area (Å²) >= 11 is 1.33. The molecule has 0 aliphatic heterocycles. The molecule has 17 heavy (non-hydrogen) atoms. The molecule has 0 spiro atoms. The van der Waals surface area contributed by atoms with E-state index in [1.165, 1.54) is 11.3 Å². The fourth-order valence-electron chi connectivity index (χ4n) is 2.07. The second-order valence-electron chi connectivity index (χ2n) is 4.15. The van der Waals surface area contributed by atoms with Gasteiger partial charge in [0.15, 0.2) is 0 Å². The van der Waals surface area contributed by atoms with Crippen molar-refractivity contribution in [1.82, 2.24) is 0 Å². The molecule has 0 aromatic carbocycles. The van der Waals surface area contributed by atoms with Crippen molar-refractivity contribution in [2.24, 2.45) is 5.73 Å². The standard InChI is InChI=1S/C10H14N2O3S2/c1-17(14,15)12-10-8(9(11)13)6-4-2-3-5-7(6)16-10/h12H,2-5H2,1H3,(H2,11,13).